The second kappa shape index (κ2) is 9.30. The van der Waals surface area contributed by atoms with E-state index in [1.165, 1.54) is 6.26 Å². The molecule has 1 aromatic heterocycles. The van der Waals surface area contributed by atoms with Crippen LogP contribution in [0.1, 0.15) is 24.4 Å². The van der Waals surface area contributed by atoms with Gasteiger partial charge in [-0.05, 0) is 54.8 Å². The van der Waals surface area contributed by atoms with E-state index >= 15 is 0 Å². The topological polar surface area (TPSA) is 90.4 Å². The molecule has 0 spiro atoms. The number of fused-ring (bicyclic) bond motifs is 1. The molecule has 0 amide bonds. The second-order valence-electron chi connectivity index (χ2n) is 8.14. The molecule has 34 heavy (non-hydrogen) atoms. The molecule has 0 aliphatic carbocycles. The monoisotopic (exact) mass is 477 g/mol. The zero-order chi connectivity index (χ0) is 24.5. The van der Waals surface area contributed by atoms with Gasteiger partial charge in [0.1, 0.15) is 11.6 Å². The number of hydrogen-bond donors (Lipinski definition) is 1. The smallest absolute Gasteiger partial charge is 0.175 e. The van der Waals surface area contributed by atoms with Gasteiger partial charge in [0, 0.05) is 23.8 Å². The highest BCUT2D eigenvalue weighted by Gasteiger charge is 2.15. The largest absolute Gasteiger partial charge is 0.493 e. The van der Waals surface area contributed by atoms with E-state index in [4.69, 9.17) is 9.47 Å². The van der Waals surface area contributed by atoms with Crippen LogP contribution in [0.3, 0.4) is 0 Å². The highest BCUT2D eigenvalue weighted by molar-refractivity contribution is 7.90. The zero-order valence-electron chi connectivity index (χ0n) is 19.8. The molecule has 0 aliphatic rings. The Labute approximate surface area is 199 Å². The van der Waals surface area contributed by atoms with Crippen molar-refractivity contribution >= 4 is 26.6 Å². The average Bonchev–Trinajstić information content (AvgIpc) is 2.82. The van der Waals surface area contributed by atoms with Gasteiger partial charge in [-0.1, -0.05) is 30.3 Å². The highest BCUT2D eigenvalue weighted by Crippen LogP contribution is 2.35. The molecule has 0 fully saturated rings. The van der Waals surface area contributed by atoms with Crippen molar-refractivity contribution in [3.8, 4) is 22.6 Å². The minimum Gasteiger partial charge on any atom is -0.493 e. The summed E-state index contributed by atoms with van der Waals surface area (Å²) < 4.78 is 34.8. The number of aryl methyl sites for hydroxylation is 1. The van der Waals surface area contributed by atoms with Gasteiger partial charge in [0.2, 0.25) is 0 Å². The fraction of sp³-hybridized carbons (Fsp3) is 0.231. The third-order valence-electron chi connectivity index (χ3n) is 5.65. The Morgan fingerprint density at radius 3 is 2.21 bits per heavy atom. The maximum atomic E-state index is 12.0. The molecule has 1 heterocycles. The van der Waals surface area contributed by atoms with Gasteiger partial charge in [0.05, 0.1) is 24.6 Å². The van der Waals surface area contributed by atoms with E-state index < -0.39 is 9.84 Å². The molecule has 1 N–H and O–H groups in total. The van der Waals surface area contributed by atoms with E-state index in [1.807, 2.05) is 43.3 Å². The number of ether oxygens (including phenoxy) is 2. The summed E-state index contributed by atoms with van der Waals surface area (Å²) in [6.07, 6.45) is 1.22. The van der Waals surface area contributed by atoms with E-state index in [9.17, 15) is 8.42 Å². The van der Waals surface area contributed by atoms with Crippen LogP contribution in [0.15, 0.2) is 65.6 Å². The quantitative estimate of drug-likeness (QED) is 0.391. The number of rotatable bonds is 7. The average molecular weight is 478 g/mol. The lowest BCUT2D eigenvalue weighted by atomic mass is 10.00. The number of hydrogen-bond acceptors (Lipinski definition) is 7. The summed E-state index contributed by atoms with van der Waals surface area (Å²) in [5.74, 6) is 2.54. The predicted molar refractivity (Wildman–Crippen MR) is 134 cm³/mol. The van der Waals surface area contributed by atoms with Gasteiger partial charge in [0.25, 0.3) is 0 Å². The molecule has 0 radical (unpaired) electrons. The molecule has 4 aromatic rings. The zero-order valence-corrected chi connectivity index (χ0v) is 20.6. The molecule has 7 nitrogen and oxygen atoms in total. The summed E-state index contributed by atoms with van der Waals surface area (Å²) in [6, 6.07) is 18.6. The highest BCUT2D eigenvalue weighted by atomic mass is 32.2. The Balaban J connectivity index is 1.70. The molecule has 0 saturated heterocycles. The second-order valence-corrected chi connectivity index (χ2v) is 10.2. The predicted octanol–water partition coefficient (Wildman–Crippen LogP) is 5.20. The SMILES string of the molecule is COc1cc2nc(C)nc(NC(C)c3cccc(-c4cccc(S(C)(=O)=O)c4)c3)c2cc1OC. The van der Waals surface area contributed by atoms with Crippen molar-refractivity contribution in [2.45, 2.75) is 24.8 Å². The van der Waals surface area contributed by atoms with E-state index in [2.05, 4.69) is 28.3 Å². The van der Waals surface area contributed by atoms with Crippen molar-refractivity contribution in [2.24, 2.45) is 0 Å². The first-order chi connectivity index (χ1) is 16.2. The summed E-state index contributed by atoms with van der Waals surface area (Å²) >= 11 is 0. The van der Waals surface area contributed by atoms with Crippen LogP contribution in [0.25, 0.3) is 22.0 Å². The van der Waals surface area contributed by atoms with Crippen molar-refractivity contribution in [2.75, 3.05) is 25.8 Å². The van der Waals surface area contributed by atoms with Crippen LogP contribution < -0.4 is 14.8 Å². The molecule has 0 aliphatic heterocycles. The number of sulfone groups is 1. The van der Waals surface area contributed by atoms with E-state index in [-0.39, 0.29) is 6.04 Å². The lowest BCUT2D eigenvalue weighted by Gasteiger charge is -2.18. The van der Waals surface area contributed by atoms with Crippen molar-refractivity contribution < 1.29 is 17.9 Å². The molecule has 0 bridgehead atoms. The standard InChI is InChI=1S/C26H27N3O4S/c1-16(18-8-6-9-19(12-18)20-10-7-11-21(13-20)34(5,30)31)27-26-22-14-24(32-3)25(33-4)15-23(22)28-17(2)29-26/h6-16H,1-5H3,(H,27,28,29). The van der Waals surface area contributed by atoms with E-state index in [1.54, 1.807) is 32.4 Å². The number of aromatic nitrogens is 2. The number of methoxy groups -OCH3 is 2. The van der Waals surface area contributed by atoms with Crippen molar-refractivity contribution in [3.05, 3.63) is 72.1 Å². The summed E-state index contributed by atoms with van der Waals surface area (Å²) in [7, 11) is -0.0911. The first kappa shape index (κ1) is 23.5. The van der Waals surface area contributed by atoms with Gasteiger partial charge in [-0.25, -0.2) is 18.4 Å². The van der Waals surface area contributed by atoms with Gasteiger partial charge in [0.15, 0.2) is 21.3 Å². The van der Waals surface area contributed by atoms with Crippen LogP contribution in [0.4, 0.5) is 5.82 Å². The van der Waals surface area contributed by atoms with Crippen LogP contribution >= 0.6 is 0 Å². The molecule has 1 unspecified atom stereocenters. The lowest BCUT2D eigenvalue weighted by molar-refractivity contribution is 0.356. The Morgan fingerprint density at radius 2 is 1.53 bits per heavy atom. The minimum atomic E-state index is -3.28. The first-order valence-electron chi connectivity index (χ1n) is 10.8. The van der Waals surface area contributed by atoms with Crippen LogP contribution in [-0.2, 0) is 9.84 Å². The van der Waals surface area contributed by atoms with Gasteiger partial charge in [-0.3, -0.25) is 0 Å². The van der Waals surface area contributed by atoms with Crippen LogP contribution in [-0.4, -0.2) is 38.9 Å². The molecule has 0 saturated carbocycles. The Morgan fingerprint density at radius 1 is 0.882 bits per heavy atom. The normalized spacial score (nSPS) is 12.4. The van der Waals surface area contributed by atoms with Crippen molar-refractivity contribution in [3.63, 3.8) is 0 Å². The lowest BCUT2D eigenvalue weighted by Crippen LogP contribution is -2.10. The summed E-state index contributed by atoms with van der Waals surface area (Å²) in [4.78, 5) is 9.48. The van der Waals surface area contributed by atoms with E-state index in [0.717, 1.165) is 27.6 Å². The van der Waals surface area contributed by atoms with Gasteiger partial charge in [-0.2, -0.15) is 0 Å². The van der Waals surface area contributed by atoms with Gasteiger partial charge in [-0.15, -0.1) is 0 Å². The molecule has 176 valence electrons. The fourth-order valence-electron chi connectivity index (χ4n) is 3.86. The Bertz CT molecular complexity index is 1470. The molecule has 1 atom stereocenters. The number of nitrogens with one attached hydrogen (secondary N) is 1. The number of anilines is 1. The number of benzene rings is 3. The van der Waals surface area contributed by atoms with Gasteiger partial charge < -0.3 is 14.8 Å². The van der Waals surface area contributed by atoms with Crippen molar-refractivity contribution in [1.29, 1.82) is 0 Å². The maximum absolute atomic E-state index is 12.0. The summed E-state index contributed by atoms with van der Waals surface area (Å²) in [5.41, 5.74) is 3.57. The Kier molecular flexibility index (Phi) is 6.43. The van der Waals surface area contributed by atoms with E-state index in [0.29, 0.717) is 28.0 Å². The summed E-state index contributed by atoms with van der Waals surface area (Å²) in [5, 5.41) is 4.33. The molecule has 4 rings (SSSR count). The Hall–Kier alpha value is -3.65. The molecular weight excluding hydrogens is 450 g/mol. The van der Waals surface area contributed by atoms with Crippen LogP contribution in [0.2, 0.25) is 0 Å². The summed E-state index contributed by atoms with van der Waals surface area (Å²) in [6.45, 7) is 3.90. The third-order valence-corrected chi connectivity index (χ3v) is 6.76. The minimum absolute atomic E-state index is 0.0800. The molecule has 3 aromatic carbocycles. The van der Waals surface area contributed by atoms with Crippen LogP contribution in [0, 0.1) is 6.92 Å². The fourth-order valence-corrected chi connectivity index (χ4v) is 4.53. The number of nitrogens with zero attached hydrogens (tertiary/aromatic N) is 2. The first-order valence-corrected chi connectivity index (χ1v) is 12.7. The maximum Gasteiger partial charge on any atom is 0.175 e. The van der Waals surface area contributed by atoms with Crippen LogP contribution in [0.5, 0.6) is 11.5 Å². The van der Waals surface area contributed by atoms with Crippen molar-refractivity contribution in [1.82, 2.24) is 9.97 Å². The van der Waals surface area contributed by atoms with Gasteiger partial charge >= 0.3 is 0 Å². The molecule has 8 heteroatoms. The molecular formula is C26H27N3O4S. The third kappa shape index (κ3) is 4.82.